The fourth-order valence-corrected chi connectivity index (χ4v) is 4.78. The molecule has 0 unspecified atom stereocenters. The van der Waals surface area contributed by atoms with Gasteiger partial charge < -0.3 is 5.32 Å². The molecule has 0 atom stereocenters. The molecule has 0 radical (unpaired) electrons. The van der Waals surface area contributed by atoms with Gasteiger partial charge in [-0.25, -0.2) is 23.1 Å². The molecule has 0 spiro atoms. The van der Waals surface area contributed by atoms with Crippen molar-refractivity contribution < 1.29 is 13.2 Å². The van der Waals surface area contributed by atoms with E-state index in [1.54, 1.807) is 26.0 Å². The quantitative estimate of drug-likeness (QED) is 0.390. The lowest BCUT2D eigenvalue weighted by Crippen LogP contribution is -2.16. The third-order valence-electron chi connectivity index (χ3n) is 4.74. The fraction of sp³-hybridized carbons (Fsp3) is 0.0870. The van der Waals surface area contributed by atoms with Crippen molar-refractivity contribution in [3.63, 3.8) is 0 Å². The molecule has 7 nitrogen and oxygen atoms in total. The zero-order valence-corrected chi connectivity index (χ0v) is 19.7. The fourth-order valence-electron chi connectivity index (χ4n) is 3.34. The average Bonchev–Trinajstić information content (AvgIpc) is 2.73. The summed E-state index contributed by atoms with van der Waals surface area (Å²) in [5.74, 6) is -0.270. The van der Waals surface area contributed by atoms with Crippen LogP contribution in [0.15, 0.2) is 76.1 Å². The Morgan fingerprint density at radius 2 is 1.50 bits per heavy atom. The van der Waals surface area contributed by atoms with E-state index in [0.29, 0.717) is 22.6 Å². The number of hydrogen-bond donors (Lipinski definition) is 2. The normalized spacial score (nSPS) is 11.3. The molecule has 1 aromatic heterocycles. The molecule has 0 saturated carbocycles. The van der Waals surface area contributed by atoms with E-state index in [1.165, 1.54) is 24.3 Å². The lowest BCUT2D eigenvalue weighted by Gasteiger charge is -2.11. The summed E-state index contributed by atoms with van der Waals surface area (Å²) in [4.78, 5) is 21.1. The Kier molecular flexibility index (Phi) is 5.94. The maximum Gasteiger partial charge on any atom is 0.264 e. The maximum absolute atomic E-state index is 12.9. The monoisotopic (exact) mass is 510 g/mol. The largest absolute Gasteiger partial charge is 0.322 e. The van der Waals surface area contributed by atoms with Crippen molar-refractivity contribution in [2.24, 2.45) is 0 Å². The van der Waals surface area contributed by atoms with Crippen molar-refractivity contribution in [1.82, 2.24) is 9.97 Å². The minimum atomic E-state index is -3.87. The Morgan fingerprint density at radius 3 is 2.19 bits per heavy atom. The van der Waals surface area contributed by atoms with Crippen LogP contribution in [-0.4, -0.2) is 24.3 Å². The van der Waals surface area contributed by atoms with E-state index < -0.39 is 10.0 Å². The molecule has 0 aliphatic rings. The molecule has 0 aliphatic carbocycles. The van der Waals surface area contributed by atoms with E-state index in [2.05, 4.69) is 35.9 Å². The number of nitrogens with zero attached hydrogens (tertiary/aromatic N) is 2. The highest BCUT2D eigenvalue weighted by atomic mass is 79.9. The highest BCUT2D eigenvalue weighted by Gasteiger charge is 2.17. The number of carbonyl (C=O) groups excluding carboxylic acids is 1. The third kappa shape index (κ3) is 4.63. The van der Waals surface area contributed by atoms with Crippen molar-refractivity contribution in [2.75, 3.05) is 10.0 Å². The first-order valence-electron chi connectivity index (χ1n) is 9.67. The van der Waals surface area contributed by atoms with Crippen molar-refractivity contribution in [3.8, 4) is 0 Å². The van der Waals surface area contributed by atoms with Crippen LogP contribution in [0, 0.1) is 13.8 Å². The van der Waals surface area contributed by atoms with Gasteiger partial charge in [-0.15, -0.1) is 0 Å². The van der Waals surface area contributed by atoms with Gasteiger partial charge in [0.2, 0.25) is 5.95 Å². The van der Waals surface area contributed by atoms with Gasteiger partial charge in [-0.05, 0) is 67.1 Å². The number of hydrogen-bond acceptors (Lipinski definition) is 5. The molecule has 0 bridgehead atoms. The molecule has 9 heteroatoms. The Bertz CT molecular complexity index is 1420. The number of aromatic nitrogens is 2. The van der Waals surface area contributed by atoms with E-state index in [9.17, 15) is 13.2 Å². The Balaban J connectivity index is 1.54. The van der Waals surface area contributed by atoms with Gasteiger partial charge in [-0.1, -0.05) is 40.2 Å². The number of sulfonamides is 1. The molecule has 0 saturated heterocycles. The van der Waals surface area contributed by atoms with E-state index in [4.69, 9.17) is 0 Å². The number of rotatable bonds is 5. The molecule has 0 aliphatic heterocycles. The van der Waals surface area contributed by atoms with Crippen LogP contribution in [0.25, 0.3) is 10.8 Å². The van der Waals surface area contributed by atoms with Crippen LogP contribution in [0.1, 0.15) is 21.7 Å². The van der Waals surface area contributed by atoms with Crippen molar-refractivity contribution >= 4 is 54.3 Å². The van der Waals surface area contributed by atoms with Gasteiger partial charge in [0.1, 0.15) is 0 Å². The first-order valence-corrected chi connectivity index (χ1v) is 11.9. The molecule has 4 rings (SSSR count). The predicted octanol–water partition coefficient (Wildman–Crippen LogP) is 5.06. The van der Waals surface area contributed by atoms with Crippen molar-refractivity contribution in [1.29, 1.82) is 0 Å². The second kappa shape index (κ2) is 8.68. The Hall–Kier alpha value is -3.30. The predicted molar refractivity (Wildman–Crippen MR) is 128 cm³/mol. The Labute approximate surface area is 194 Å². The van der Waals surface area contributed by atoms with Gasteiger partial charge in [0.15, 0.2) is 0 Å². The van der Waals surface area contributed by atoms with Gasteiger partial charge in [0.05, 0.1) is 4.90 Å². The summed E-state index contributed by atoms with van der Waals surface area (Å²) in [6.07, 6.45) is 0. The van der Waals surface area contributed by atoms with Gasteiger partial charge in [-0.2, -0.15) is 0 Å². The molecule has 32 heavy (non-hydrogen) atoms. The van der Waals surface area contributed by atoms with E-state index in [-0.39, 0.29) is 16.8 Å². The summed E-state index contributed by atoms with van der Waals surface area (Å²) in [7, 11) is -3.87. The van der Waals surface area contributed by atoms with Crippen molar-refractivity contribution in [3.05, 3.63) is 88.2 Å². The first-order chi connectivity index (χ1) is 15.2. The van der Waals surface area contributed by atoms with Gasteiger partial charge in [0, 0.05) is 27.1 Å². The smallest absolute Gasteiger partial charge is 0.264 e. The number of aryl methyl sites for hydroxylation is 2. The van der Waals surface area contributed by atoms with Crippen LogP contribution >= 0.6 is 15.9 Å². The minimum Gasteiger partial charge on any atom is -0.322 e. The lowest BCUT2D eigenvalue weighted by molar-refractivity contribution is 0.102. The van der Waals surface area contributed by atoms with Gasteiger partial charge in [0.25, 0.3) is 15.9 Å². The van der Waals surface area contributed by atoms with Crippen LogP contribution in [0.2, 0.25) is 0 Å². The van der Waals surface area contributed by atoms with Crippen LogP contribution in [-0.2, 0) is 10.0 Å². The summed E-state index contributed by atoms with van der Waals surface area (Å²) in [5, 5.41) is 4.57. The molecule has 0 fully saturated rings. The number of halogens is 1. The minimum absolute atomic E-state index is 0.0157. The SMILES string of the molecule is Cc1cc(C)nc(NS(=O)(=O)c2ccc(NC(=O)c3cccc4c(Br)cccc34)cc2)n1. The van der Waals surface area contributed by atoms with Crippen LogP contribution in [0.5, 0.6) is 0 Å². The first kappa shape index (κ1) is 21.9. The number of amides is 1. The highest BCUT2D eigenvalue weighted by molar-refractivity contribution is 9.10. The Morgan fingerprint density at radius 1 is 0.875 bits per heavy atom. The lowest BCUT2D eigenvalue weighted by atomic mass is 10.0. The number of benzene rings is 3. The van der Waals surface area contributed by atoms with Crippen LogP contribution in [0.3, 0.4) is 0 Å². The molecular weight excluding hydrogens is 492 g/mol. The zero-order chi connectivity index (χ0) is 22.9. The summed E-state index contributed by atoms with van der Waals surface area (Å²) >= 11 is 3.50. The molecule has 162 valence electrons. The van der Waals surface area contributed by atoms with Gasteiger partial charge in [-0.3, -0.25) is 4.79 Å². The molecule has 3 aromatic carbocycles. The number of carbonyl (C=O) groups is 1. The molecule has 1 amide bonds. The standard InChI is InChI=1S/C23H19BrN4O3S/c1-14-13-15(2)26-23(25-14)28-32(30,31)17-11-9-16(10-12-17)27-22(29)20-7-3-6-19-18(20)5-4-8-21(19)24/h3-13H,1-2H3,(H,27,29)(H,25,26,28). The second-order valence-corrected chi connectivity index (χ2v) is 9.74. The number of nitrogens with one attached hydrogen (secondary N) is 2. The summed E-state index contributed by atoms with van der Waals surface area (Å²) in [6.45, 7) is 3.52. The van der Waals surface area contributed by atoms with E-state index in [0.717, 1.165) is 15.2 Å². The highest BCUT2D eigenvalue weighted by Crippen LogP contribution is 2.27. The van der Waals surface area contributed by atoms with E-state index >= 15 is 0 Å². The molecule has 4 aromatic rings. The maximum atomic E-state index is 12.9. The van der Waals surface area contributed by atoms with Crippen LogP contribution < -0.4 is 10.0 Å². The molecule has 2 N–H and O–H groups in total. The summed E-state index contributed by atoms with van der Waals surface area (Å²) in [6, 6.07) is 18.8. The summed E-state index contributed by atoms with van der Waals surface area (Å²) < 4.78 is 28.6. The van der Waals surface area contributed by atoms with Crippen LogP contribution in [0.4, 0.5) is 11.6 Å². The third-order valence-corrected chi connectivity index (χ3v) is 6.78. The van der Waals surface area contributed by atoms with E-state index in [1.807, 2.05) is 30.3 Å². The number of fused-ring (bicyclic) bond motifs is 1. The zero-order valence-electron chi connectivity index (χ0n) is 17.3. The number of anilines is 2. The molecule has 1 heterocycles. The van der Waals surface area contributed by atoms with Crippen molar-refractivity contribution in [2.45, 2.75) is 18.7 Å². The average molecular weight is 511 g/mol. The van der Waals surface area contributed by atoms with Gasteiger partial charge >= 0.3 is 0 Å². The summed E-state index contributed by atoms with van der Waals surface area (Å²) in [5.41, 5.74) is 2.32. The molecular formula is C23H19BrN4O3S. The topological polar surface area (TPSA) is 101 Å². The second-order valence-electron chi connectivity index (χ2n) is 7.20.